The van der Waals surface area contributed by atoms with E-state index in [9.17, 15) is 0 Å². The van der Waals surface area contributed by atoms with Gasteiger partial charge < -0.3 is 5.73 Å². The fraction of sp³-hybridized carbons (Fsp3) is 0.333. The zero-order valence-corrected chi connectivity index (χ0v) is 12.3. The van der Waals surface area contributed by atoms with Crippen LogP contribution in [0.5, 0.6) is 0 Å². The van der Waals surface area contributed by atoms with Gasteiger partial charge in [-0.25, -0.2) is 0 Å². The monoisotopic (exact) mass is 281 g/mol. The predicted octanol–water partition coefficient (Wildman–Crippen LogP) is 3.97. The van der Waals surface area contributed by atoms with Gasteiger partial charge >= 0.3 is 0 Å². The van der Waals surface area contributed by atoms with E-state index in [0.717, 1.165) is 6.42 Å². The number of benzene rings is 2. The second kappa shape index (κ2) is 4.94. The standard InChI is InChI=1S/C18H19NS/c19-18-14(9-12-5-1-3-7-16(12)18)11-15-10-13-6-2-4-8-17(13)20-15/h1-8,14-15,18H,9-11,19H2. The van der Waals surface area contributed by atoms with Gasteiger partial charge in [0, 0.05) is 16.2 Å². The van der Waals surface area contributed by atoms with E-state index < -0.39 is 0 Å². The summed E-state index contributed by atoms with van der Waals surface area (Å²) in [6.07, 6.45) is 3.60. The first-order chi connectivity index (χ1) is 9.81. The zero-order chi connectivity index (χ0) is 13.5. The SMILES string of the molecule is NC1c2ccccc2CC1CC1Cc2ccccc2S1. The van der Waals surface area contributed by atoms with Gasteiger partial charge in [-0.1, -0.05) is 42.5 Å². The lowest BCUT2D eigenvalue weighted by Crippen LogP contribution is -2.20. The van der Waals surface area contributed by atoms with E-state index in [1.54, 1.807) is 0 Å². The third kappa shape index (κ3) is 2.07. The van der Waals surface area contributed by atoms with Crippen molar-refractivity contribution in [3.8, 4) is 0 Å². The quantitative estimate of drug-likeness (QED) is 0.901. The Morgan fingerprint density at radius 1 is 0.950 bits per heavy atom. The molecule has 1 aliphatic heterocycles. The van der Waals surface area contributed by atoms with Crippen LogP contribution in [-0.2, 0) is 12.8 Å². The summed E-state index contributed by atoms with van der Waals surface area (Å²) in [6.45, 7) is 0. The van der Waals surface area contributed by atoms with Crippen molar-refractivity contribution in [2.45, 2.75) is 35.4 Å². The number of thioether (sulfide) groups is 1. The molecule has 0 bridgehead atoms. The Morgan fingerprint density at radius 2 is 1.70 bits per heavy atom. The van der Waals surface area contributed by atoms with Crippen molar-refractivity contribution in [1.29, 1.82) is 0 Å². The maximum Gasteiger partial charge on any atom is 0.0329 e. The van der Waals surface area contributed by atoms with Gasteiger partial charge in [0.1, 0.15) is 0 Å². The molecule has 2 aliphatic rings. The van der Waals surface area contributed by atoms with Crippen molar-refractivity contribution in [2.24, 2.45) is 11.7 Å². The lowest BCUT2D eigenvalue weighted by molar-refractivity contribution is 0.428. The van der Waals surface area contributed by atoms with Crippen LogP contribution in [0, 0.1) is 5.92 Å². The molecule has 0 spiro atoms. The Hall–Kier alpha value is -1.25. The zero-order valence-electron chi connectivity index (χ0n) is 11.5. The molecule has 0 fully saturated rings. The summed E-state index contributed by atoms with van der Waals surface area (Å²) in [7, 11) is 0. The van der Waals surface area contributed by atoms with E-state index in [-0.39, 0.29) is 6.04 Å². The summed E-state index contributed by atoms with van der Waals surface area (Å²) >= 11 is 2.05. The smallest absolute Gasteiger partial charge is 0.0329 e. The maximum absolute atomic E-state index is 6.46. The van der Waals surface area contributed by atoms with Gasteiger partial charge in [-0.15, -0.1) is 11.8 Å². The molecule has 3 atom stereocenters. The number of hydrogen-bond donors (Lipinski definition) is 1. The molecule has 1 aliphatic carbocycles. The van der Waals surface area contributed by atoms with Crippen molar-refractivity contribution >= 4 is 11.8 Å². The van der Waals surface area contributed by atoms with Gasteiger partial charge in [0.2, 0.25) is 0 Å². The minimum absolute atomic E-state index is 0.232. The average molecular weight is 281 g/mol. The minimum Gasteiger partial charge on any atom is -0.324 e. The Bertz CT molecular complexity index is 612. The first kappa shape index (κ1) is 12.5. The van der Waals surface area contributed by atoms with E-state index in [4.69, 9.17) is 5.73 Å². The molecule has 2 N–H and O–H groups in total. The van der Waals surface area contributed by atoms with E-state index in [0.29, 0.717) is 11.2 Å². The minimum atomic E-state index is 0.232. The van der Waals surface area contributed by atoms with Crippen LogP contribution in [0.25, 0.3) is 0 Å². The molecular formula is C18H19NS. The van der Waals surface area contributed by atoms with E-state index in [1.807, 2.05) is 11.8 Å². The third-order valence-electron chi connectivity index (χ3n) is 4.68. The fourth-order valence-corrected chi connectivity index (χ4v) is 5.09. The molecule has 0 saturated carbocycles. The predicted molar refractivity (Wildman–Crippen MR) is 85.0 cm³/mol. The highest BCUT2D eigenvalue weighted by Crippen LogP contribution is 2.44. The van der Waals surface area contributed by atoms with Crippen molar-refractivity contribution in [3.63, 3.8) is 0 Å². The third-order valence-corrected chi connectivity index (χ3v) is 6.03. The highest BCUT2D eigenvalue weighted by molar-refractivity contribution is 8.00. The summed E-state index contributed by atoms with van der Waals surface area (Å²) in [5.41, 5.74) is 10.8. The lowest BCUT2D eigenvalue weighted by Gasteiger charge is -2.19. The summed E-state index contributed by atoms with van der Waals surface area (Å²) in [5, 5.41) is 0.706. The molecule has 0 aromatic heterocycles. The van der Waals surface area contributed by atoms with Crippen LogP contribution in [0.1, 0.15) is 29.2 Å². The normalized spacial score (nSPS) is 27.4. The van der Waals surface area contributed by atoms with Crippen molar-refractivity contribution in [2.75, 3.05) is 0 Å². The highest BCUT2D eigenvalue weighted by atomic mass is 32.2. The molecule has 4 rings (SSSR count). The van der Waals surface area contributed by atoms with Crippen LogP contribution in [0.15, 0.2) is 53.4 Å². The summed E-state index contributed by atoms with van der Waals surface area (Å²) < 4.78 is 0. The highest BCUT2D eigenvalue weighted by Gasteiger charge is 2.33. The van der Waals surface area contributed by atoms with Gasteiger partial charge in [-0.2, -0.15) is 0 Å². The molecule has 0 radical (unpaired) electrons. The van der Waals surface area contributed by atoms with Gasteiger partial charge in [-0.3, -0.25) is 0 Å². The van der Waals surface area contributed by atoms with Gasteiger partial charge in [0.15, 0.2) is 0 Å². The van der Waals surface area contributed by atoms with Crippen LogP contribution in [0.3, 0.4) is 0 Å². The first-order valence-corrected chi connectivity index (χ1v) is 8.27. The van der Waals surface area contributed by atoms with Crippen LogP contribution in [0.2, 0.25) is 0 Å². The average Bonchev–Trinajstić information content (AvgIpc) is 3.01. The Morgan fingerprint density at radius 3 is 2.50 bits per heavy atom. The second-order valence-corrected chi connectivity index (χ2v) is 7.32. The van der Waals surface area contributed by atoms with Crippen LogP contribution < -0.4 is 5.73 Å². The molecule has 0 saturated heterocycles. The fourth-order valence-electron chi connectivity index (χ4n) is 3.66. The van der Waals surface area contributed by atoms with E-state index in [2.05, 4.69) is 48.5 Å². The number of nitrogens with two attached hydrogens (primary N) is 1. The largest absolute Gasteiger partial charge is 0.324 e. The lowest BCUT2D eigenvalue weighted by atomic mass is 9.94. The van der Waals surface area contributed by atoms with E-state index >= 15 is 0 Å². The molecule has 1 heterocycles. The molecule has 102 valence electrons. The molecule has 3 unspecified atom stereocenters. The molecule has 20 heavy (non-hydrogen) atoms. The summed E-state index contributed by atoms with van der Waals surface area (Å²) in [4.78, 5) is 1.47. The number of hydrogen-bond acceptors (Lipinski definition) is 2. The van der Waals surface area contributed by atoms with Crippen molar-refractivity contribution in [1.82, 2.24) is 0 Å². The van der Waals surface area contributed by atoms with Crippen molar-refractivity contribution < 1.29 is 0 Å². The maximum atomic E-state index is 6.46. The molecule has 0 amide bonds. The Balaban J connectivity index is 1.48. The van der Waals surface area contributed by atoms with Crippen LogP contribution in [-0.4, -0.2) is 5.25 Å². The topological polar surface area (TPSA) is 26.0 Å². The Labute approximate surface area is 124 Å². The number of rotatable bonds is 2. The van der Waals surface area contributed by atoms with Gasteiger partial charge in [0.05, 0.1) is 0 Å². The van der Waals surface area contributed by atoms with Gasteiger partial charge in [-0.05, 0) is 47.9 Å². The Kier molecular flexibility index (Phi) is 3.08. The molecule has 2 aromatic carbocycles. The second-order valence-electron chi connectivity index (χ2n) is 5.98. The van der Waals surface area contributed by atoms with Crippen LogP contribution >= 0.6 is 11.8 Å². The summed E-state index contributed by atoms with van der Waals surface area (Å²) in [6, 6.07) is 17.7. The summed E-state index contributed by atoms with van der Waals surface area (Å²) in [5.74, 6) is 0.610. The van der Waals surface area contributed by atoms with Crippen LogP contribution in [0.4, 0.5) is 0 Å². The molecule has 2 heteroatoms. The van der Waals surface area contributed by atoms with Crippen molar-refractivity contribution in [3.05, 3.63) is 65.2 Å². The molecular weight excluding hydrogens is 262 g/mol. The van der Waals surface area contributed by atoms with Gasteiger partial charge in [0.25, 0.3) is 0 Å². The molecule has 2 aromatic rings. The van der Waals surface area contributed by atoms with E-state index in [1.165, 1.54) is 34.4 Å². The molecule has 1 nitrogen and oxygen atoms in total. The first-order valence-electron chi connectivity index (χ1n) is 7.39. The number of fused-ring (bicyclic) bond motifs is 2.